The van der Waals surface area contributed by atoms with E-state index in [-0.39, 0.29) is 31.1 Å². The Hall–Kier alpha value is -2.37. The van der Waals surface area contributed by atoms with Crippen LogP contribution in [-0.2, 0) is 28.6 Å². The Morgan fingerprint density at radius 2 is 0.423 bits per heavy atom. The molecule has 0 N–H and O–H groups in total. The van der Waals surface area contributed by atoms with Gasteiger partial charge in [-0.2, -0.15) is 0 Å². The van der Waals surface area contributed by atoms with E-state index in [2.05, 4.69) is 57.2 Å². The molecule has 0 saturated carbocycles. The monoisotopic (exact) mass is 1100 g/mol. The molecule has 0 aliphatic rings. The van der Waals surface area contributed by atoms with Crippen LogP contribution in [0.15, 0.2) is 36.5 Å². The lowest BCUT2D eigenvalue weighted by molar-refractivity contribution is -0.167. The molecule has 0 aromatic carbocycles. The van der Waals surface area contributed by atoms with E-state index in [1.807, 2.05) is 0 Å². The van der Waals surface area contributed by atoms with Gasteiger partial charge in [0.05, 0.1) is 0 Å². The fraction of sp³-hybridized carbons (Fsp3) is 0.875. The molecule has 1 unspecified atom stereocenters. The third-order valence-corrected chi connectivity index (χ3v) is 15.8. The standard InChI is InChI=1S/C72H134O6/c1-4-7-10-13-16-19-22-25-28-31-34-36-38-41-44-47-50-53-56-59-62-65-71(74)77-68-69(67-76-70(73)64-61-58-55-52-49-46-43-40-33-30-27-24-21-18-15-12-9-6-3)78-72(75)66-63-60-57-54-51-48-45-42-39-37-35-32-29-26-23-20-17-14-11-8-5-2/h30-35,69H,4-29,36-68H2,1-3H3/b33-30-,34-31-,35-32-. The Labute approximate surface area is 486 Å². The van der Waals surface area contributed by atoms with Crippen LogP contribution in [0.4, 0.5) is 0 Å². The summed E-state index contributed by atoms with van der Waals surface area (Å²) in [5.74, 6) is -0.853. The van der Waals surface area contributed by atoms with Gasteiger partial charge in [-0.25, -0.2) is 0 Å². The van der Waals surface area contributed by atoms with E-state index in [1.54, 1.807) is 0 Å². The van der Waals surface area contributed by atoms with Crippen molar-refractivity contribution in [3.8, 4) is 0 Å². The molecule has 6 nitrogen and oxygen atoms in total. The molecule has 0 spiro atoms. The second-order valence-electron chi connectivity index (χ2n) is 23.8. The quantitative estimate of drug-likeness (QED) is 0.0261. The van der Waals surface area contributed by atoms with E-state index >= 15 is 0 Å². The van der Waals surface area contributed by atoms with Crippen LogP contribution < -0.4 is 0 Å². The van der Waals surface area contributed by atoms with Crippen LogP contribution >= 0.6 is 0 Å². The lowest BCUT2D eigenvalue weighted by atomic mass is 10.1. The van der Waals surface area contributed by atoms with E-state index in [4.69, 9.17) is 14.2 Å². The summed E-state index contributed by atoms with van der Waals surface area (Å²) in [6, 6.07) is 0. The third-order valence-electron chi connectivity index (χ3n) is 15.8. The molecule has 78 heavy (non-hydrogen) atoms. The number of rotatable bonds is 65. The molecular weight excluding hydrogens is 961 g/mol. The normalized spacial score (nSPS) is 12.2. The molecule has 1 atom stereocenters. The van der Waals surface area contributed by atoms with Crippen LogP contribution in [0, 0.1) is 0 Å². The molecule has 458 valence electrons. The van der Waals surface area contributed by atoms with Crippen molar-refractivity contribution in [2.24, 2.45) is 0 Å². The Bertz CT molecular complexity index is 1300. The van der Waals surface area contributed by atoms with Crippen LogP contribution in [0.3, 0.4) is 0 Å². The molecule has 0 aliphatic heterocycles. The first-order valence-electron chi connectivity index (χ1n) is 35.0. The molecule has 0 radical (unpaired) electrons. The van der Waals surface area contributed by atoms with Crippen molar-refractivity contribution >= 4 is 17.9 Å². The maximum absolute atomic E-state index is 13.0. The molecular formula is C72H134O6. The molecule has 0 aromatic rings. The van der Waals surface area contributed by atoms with Gasteiger partial charge in [0, 0.05) is 19.3 Å². The zero-order chi connectivity index (χ0) is 56.4. The molecule has 0 fully saturated rings. The van der Waals surface area contributed by atoms with Crippen LogP contribution in [0.2, 0.25) is 0 Å². The average molecular weight is 1100 g/mol. The molecule has 0 heterocycles. The summed E-state index contributed by atoms with van der Waals surface area (Å²) in [5.41, 5.74) is 0. The SMILES string of the molecule is CCCCCCCCC/C=C\CCCCCCCCCC(=O)OCC(COC(=O)CCCCCCCCCCC/C=C\CCCCCCCCCC)OC(=O)CCCCCCCCCCC/C=C\CCCCCCCCCC. The van der Waals surface area contributed by atoms with E-state index in [0.29, 0.717) is 19.3 Å². The van der Waals surface area contributed by atoms with Crippen LogP contribution in [0.25, 0.3) is 0 Å². The lowest BCUT2D eigenvalue weighted by Gasteiger charge is -2.18. The van der Waals surface area contributed by atoms with Crippen LogP contribution in [0.1, 0.15) is 387 Å². The van der Waals surface area contributed by atoms with Gasteiger partial charge < -0.3 is 14.2 Å². The van der Waals surface area contributed by atoms with Crippen molar-refractivity contribution < 1.29 is 28.6 Å². The van der Waals surface area contributed by atoms with Crippen molar-refractivity contribution in [2.75, 3.05) is 13.2 Å². The molecule has 0 saturated heterocycles. The number of carbonyl (C=O) groups excluding carboxylic acids is 3. The molecule has 0 rings (SSSR count). The third kappa shape index (κ3) is 64.5. The maximum atomic E-state index is 13.0. The van der Waals surface area contributed by atoms with Gasteiger partial charge in [-0.15, -0.1) is 0 Å². The van der Waals surface area contributed by atoms with Gasteiger partial charge in [0.15, 0.2) is 6.10 Å². The number of carbonyl (C=O) groups is 3. The van der Waals surface area contributed by atoms with E-state index < -0.39 is 6.10 Å². The van der Waals surface area contributed by atoms with Crippen molar-refractivity contribution in [3.63, 3.8) is 0 Å². The second kappa shape index (κ2) is 67.1. The fourth-order valence-electron chi connectivity index (χ4n) is 10.5. The molecule has 0 bridgehead atoms. The van der Waals surface area contributed by atoms with Gasteiger partial charge in [-0.05, 0) is 96.3 Å². The topological polar surface area (TPSA) is 78.9 Å². The predicted molar refractivity (Wildman–Crippen MR) is 339 cm³/mol. The number of hydrogen-bond acceptors (Lipinski definition) is 6. The first kappa shape index (κ1) is 75.6. The van der Waals surface area contributed by atoms with Gasteiger partial charge in [0.1, 0.15) is 13.2 Å². The number of unbranched alkanes of at least 4 members (excludes halogenated alkanes) is 48. The Balaban J connectivity index is 4.33. The van der Waals surface area contributed by atoms with Gasteiger partial charge in [-0.1, -0.05) is 308 Å². The molecule has 0 aromatic heterocycles. The molecule has 0 amide bonds. The van der Waals surface area contributed by atoms with Crippen LogP contribution in [0.5, 0.6) is 0 Å². The largest absolute Gasteiger partial charge is 0.462 e. The zero-order valence-corrected chi connectivity index (χ0v) is 52.7. The number of hydrogen-bond donors (Lipinski definition) is 0. The first-order valence-corrected chi connectivity index (χ1v) is 35.0. The second-order valence-corrected chi connectivity index (χ2v) is 23.8. The number of allylic oxidation sites excluding steroid dienone is 6. The van der Waals surface area contributed by atoms with E-state index in [0.717, 1.165) is 57.8 Å². The van der Waals surface area contributed by atoms with E-state index in [1.165, 1.54) is 289 Å². The van der Waals surface area contributed by atoms with Gasteiger partial charge in [-0.3, -0.25) is 14.4 Å². The van der Waals surface area contributed by atoms with Gasteiger partial charge in [0.2, 0.25) is 0 Å². The van der Waals surface area contributed by atoms with Crippen molar-refractivity contribution in [3.05, 3.63) is 36.5 Å². The highest BCUT2D eigenvalue weighted by Gasteiger charge is 2.19. The maximum Gasteiger partial charge on any atom is 0.306 e. The highest BCUT2D eigenvalue weighted by atomic mass is 16.6. The summed E-state index contributed by atoms with van der Waals surface area (Å²) in [4.78, 5) is 38.5. The minimum atomic E-state index is -0.776. The van der Waals surface area contributed by atoms with Crippen molar-refractivity contribution in [2.45, 2.75) is 393 Å². The summed E-state index contributed by atoms with van der Waals surface area (Å²) < 4.78 is 17.0. The van der Waals surface area contributed by atoms with Gasteiger partial charge >= 0.3 is 17.9 Å². The van der Waals surface area contributed by atoms with E-state index in [9.17, 15) is 14.4 Å². The van der Waals surface area contributed by atoms with Crippen molar-refractivity contribution in [1.82, 2.24) is 0 Å². The predicted octanol–water partition coefficient (Wildman–Crippen LogP) is 23.9. The Kier molecular flexibility index (Phi) is 65.1. The summed E-state index contributed by atoms with van der Waals surface area (Å²) in [5, 5.41) is 0. The summed E-state index contributed by atoms with van der Waals surface area (Å²) in [7, 11) is 0. The van der Waals surface area contributed by atoms with Crippen LogP contribution in [-0.4, -0.2) is 37.2 Å². The first-order chi connectivity index (χ1) is 38.5. The molecule has 6 heteroatoms. The summed E-state index contributed by atoms with van der Waals surface area (Å²) in [6.45, 7) is 6.70. The Morgan fingerprint density at radius 1 is 0.244 bits per heavy atom. The molecule has 0 aliphatic carbocycles. The highest BCUT2D eigenvalue weighted by Crippen LogP contribution is 2.18. The summed E-state index contributed by atoms with van der Waals surface area (Å²) in [6.07, 6.45) is 83.0. The number of esters is 3. The highest BCUT2D eigenvalue weighted by molar-refractivity contribution is 5.71. The summed E-state index contributed by atoms with van der Waals surface area (Å²) >= 11 is 0. The Morgan fingerprint density at radius 3 is 0.641 bits per heavy atom. The average Bonchev–Trinajstić information content (AvgIpc) is 3.44. The lowest BCUT2D eigenvalue weighted by Crippen LogP contribution is -2.30. The minimum Gasteiger partial charge on any atom is -0.462 e. The smallest absolute Gasteiger partial charge is 0.306 e. The fourth-order valence-corrected chi connectivity index (χ4v) is 10.5. The van der Waals surface area contributed by atoms with Crippen molar-refractivity contribution in [1.29, 1.82) is 0 Å². The van der Waals surface area contributed by atoms with Gasteiger partial charge in [0.25, 0.3) is 0 Å². The minimum absolute atomic E-state index is 0.0719. The number of ether oxygens (including phenoxy) is 3. The zero-order valence-electron chi connectivity index (χ0n) is 52.7.